The Bertz CT molecular complexity index is 922. The van der Waals surface area contributed by atoms with E-state index in [4.69, 9.17) is 10.3 Å². The fraction of sp³-hybridized carbons (Fsp3) is 0.471. The first-order valence-corrected chi connectivity index (χ1v) is 11.6. The molecule has 2 amide bonds. The van der Waals surface area contributed by atoms with Crippen LogP contribution in [0.3, 0.4) is 0 Å². The van der Waals surface area contributed by atoms with Crippen molar-refractivity contribution in [1.29, 1.82) is 0 Å². The van der Waals surface area contributed by atoms with Gasteiger partial charge in [0.1, 0.15) is 12.1 Å². The van der Waals surface area contributed by atoms with Crippen molar-refractivity contribution in [3.8, 4) is 0 Å². The number of carbonyl (C=O) groups is 4. The molecule has 0 radical (unpaired) electrons. The number of pyridine rings is 1. The topological polar surface area (TPSA) is 204 Å². The van der Waals surface area contributed by atoms with E-state index < -0.39 is 51.7 Å². The monoisotopic (exact) mass is 492 g/mol. The zero-order chi connectivity index (χ0) is 24.3. The molecular weight excluding hydrogens is 468 g/mol. The molecule has 5 N–H and O–H groups in total. The summed E-state index contributed by atoms with van der Waals surface area (Å²) in [6.07, 6.45) is 1.09. The van der Waals surface area contributed by atoms with Gasteiger partial charge >= 0.3 is 11.9 Å². The third-order valence-electron chi connectivity index (χ3n) is 3.75. The molecule has 0 aliphatic heterocycles. The van der Waals surface area contributed by atoms with Crippen LogP contribution in [0.25, 0.3) is 0 Å². The van der Waals surface area contributed by atoms with Crippen molar-refractivity contribution in [2.24, 2.45) is 5.73 Å². The summed E-state index contributed by atoms with van der Waals surface area (Å²) in [6, 6.07) is 0.545. The maximum atomic E-state index is 12.1. The lowest BCUT2D eigenvalue weighted by Crippen LogP contribution is -2.47. The molecule has 1 aromatic rings. The Morgan fingerprint density at radius 1 is 1.22 bits per heavy atom. The van der Waals surface area contributed by atoms with Crippen LogP contribution in [-0.2, 0) is 34.0 Å². The number of esters is 2. The van der Waals surface area contributed by atoms with Crippen molar-refractivity contribution < 1.29 is 41.6 Å². The van der Waals surface area contributed by atoms with Gasteiger partial charge < -0.3 is 25.8 Å². The van der Waals surface area contributed by atoms with E-state index in [-0.39, 0.29) is 24.3 Å². The van der Waals surface area contributed by atoms with Gasteiger partial charge in [0.25, 0.3) is 10.1 Å². The average molecular weight is 493 g/mol. The highest BCUT2D eigenvalue weighted by Gasteiger charge is 2.23. The van der Waals surface area contributed by atoms with E-state index in [2.05, 4.69) is 25.1 Å². The molecule has 1 rings (SSSR count). The second kappa shape index (κ2) is 12.9. The molecular formula is C17H24N4O9S2. The van der Waals surface area contributed by atoms with E-state index >= 15 is 0 Å². The predicted molar refractivity (Wildman–Crippen MR) is 112 cm³/mol. The quantitative estimate of drug-likeness (QED) is 0.147. The van der Waals surface area contributed by atoms with Gasteiger partial charge in [-0.05, 0) is 12.1 Å². The average Bonchev–Trinajstić information content (AvgIpc) is 2.74. The lowest BCUT2D eigenvalue weighted by Gasteiger charge is -2.16. The summed E-state index contributed by atoms with van der Waals surface area (Å²) in [5.41, 5.74) is 5.60. The smallest absolute Gasteiger partial charge is 0.339 e. The van der Waals surface area contributed by atoms with E-state index in [0.29, 0.717) is 5.03 Å². The van der Waals surface area contributed by atoms with Crippen LogP contribution in [0.1, 0.15) is 16.8 Å². The number of aromatic nitrogens is 1. The number of methoxy groups -OCH3 is 2. The number of hydrogen-bond acceptors (Lipinski definition) is 11. The molecule has 0 aromatic carbocycles. The molecule has 0 saturated carbocycles. The Morgan fingerprint density at radius 2 is 1.91 bits per heavy atom. The van der Waals surface area contributed by atoms with Crippen LogP contribution >= 0.6 is 11.8 Å². The van der Waals surface area contributed by atoms with Gasteiger partial charge in [0, 0.05) is 24.9 Å². The highest BCUT2D eigenvalue weighted by Crippen LogP contribution is 2.17. The van der Waals surface area contributed by atoms with E-state index in [0.717, 1.165) is 18.9 Å². The molecule has 0 spiro atoms. The van der Waals surface area contributed by atoms with Crippen molar-refractivity contribution >= 4 is 45.6 Å². The van der Waals surface area contributed by atoms with Crippen LogP contribution < -0.4 is 16.4 Å². The molecule has 0 saturated heterocycles. The highest BCUT2D eigenvalue weighted by molar-refractivity contribution is 7.99. The summed E-state index contributed by atoms with van der Waals surface area (Å²) < 4.78 is 39.4. The Morgan fingerprint density at radius 3 is 2.44 bits per heavy atom. The lowest BCUT2D eigenvalue weighted by atomic mass is 10.3. The minimum Gasteiger partial charge on any atom is -0.467 e. The van der Waals surface area contributed by atoms with Gasteiger partial charge in [-0.1, -0.05) is 0 Å². The first-order valence-electron chi connectivity index (χ1n) is 8.99. The van der Waals surface area contributed by atoms with E-state index in [9.17, 15) is 27.6 Å². The minimum atomic E-state index is -4.42. The number of ether oxygens (including phenoxy) is 2. The summed E-state index contributed by atoms with van der Waals surface area (Å²) in [5.74, 6) is -3.57. The SMILES string of the molecule is COC(=O)c1ccc(SC[C@H](NC(=O)CCNC(=O)C(N)CS(=O)(=O)O)C(=O)OC)nc1. The Balaban J connectivity index is 2.55. The molecule has 0 aliphatic carbocycles. The maximum Gasteiger partial charge on any atom is 0.339 e. The van der Waals surface area contributed by atoms with Crippen LogP contribution in [0.2, 0.25) is 0 Å². The zero-order valence-electron chi connectivity index (χ0n) is 17.3. The molecule has 0 fully saturated rings. The number of thioether (sulfide) groups is 1. The van der Waals surface area contributed by atoms with Crippen molar-refractivity contribution in [1.82, 2.24) is 15.6 Å². The van der Waals surface area contributed by atoms with Crippen molar-refractivity contribution in [2.75, 3.05) is 32.3 Å². The zero-order valence-corrected chi connectivity index (χ0v) is 18.9. The van der Waals surface area contributed by atoms with E-state index in [1.807, 2.05) is 0 Å². The predicted octanol–water partition coefficient (Wildman–Crippen LogP) is -1.66. The second-order valence-corrected chi connectivity index (χ2v) is 8.76. The minimum absolute atomic E-state index is 0.0780. The summed E-state index contributed by atoms with van der Waals surface area (Å²) >= 11 is 1.13. The highest BCUT2D eigenvalue weighted by atomic mass is 32.2. The molecule has 1 unspecified atom stereocenters. The van der Waals surface area contributed by atoms with Crippen LogP contribution in [-0.4, -0.2) is 86.1 Å². The normalized spacial score (nSPS) is 12.9. The van der Waals surface area contributed by atoms with Crippen molar-refractivity contribution in [3.63, 3.8) is 0 Å². The first-order chi connectivity index (χ1) is 15.0. The Kier molecular flexibility index (Phi) is 11.0. The van der Waals surface area contributed by atoms with Gasteiger partial charge in [-0.15, -0.1) is 11.8 Å². The molecule has 32 heavy (non-hydrogen) atoms. The molecule has 2 atom stereocenters. The summed E-state index contributed by atoms with van der Waals surface area (Å²) in [5, 5.41) is 5.21. The Labute approximate surface area is 188 Å². The van der Waals surface area contributed by atoms with Gasteiger partial charge in [0.15, 0.2) is 0 Å². The Hall–Kier alpha value is -2.75. The molecule has 13 nitrogen and oxygen atoms in total. The van der Waals surface area contributed by atoms with Gasteiger partial charge in [0.05, 0.1) is 30.6 Å². The summed E-state index contributed by atoms with van der Waals surface area (Å²) in [6.45, 7) is -0.179. The summed E-state index contributed by atoms with van der Waals surface area (Å²) in [7, 11) is -2.02. The molecule has 1 aromatic heterocycles. The van der Waals surface area contributed by atoms with Crippen LogP contribution in [0.5, 0.6) is 0 Å². The molecule has 15 heteroatoms. The van der Waals surface area contributed by atoms with Crippen molar-refractivity contribution in [3.05, 3.63) is 23.9 Å². The van der Waals surface area contributed by atoms with Gasteiger partial charge in [-0.25, -0.2) is 14.6 Å². The first kappa shape index (κ1) is 27.3. The number of nitrogens with zero attached hydrogens (tertiary/aromatic N) is 1. The van der Waals surface area contributed by atoms with Crippen LogP contribution in [0.15, 0.2) is 23.4 Å². The third kappa shape index (κ3) is 10.0. The molecule has 0 aliphatic rings. The second-order valence-electron chi connectivity index (χ2n) is 6.23. The number of amides is 2. The van der Waals surface area contributed by atoms with Crippen LogP contribution in [0.4, 0.5) is 0 Å². The van der Waals surface area contributed by atoms with Gasteiger partial charge in [-0.2, -0.15) is 8.42 Å². The fourth-order valence-electron chi connectivity index (χ4n) is 2.18. The van der Waals surface area contributed by atoms with E-state index in [1.165, 1.54) is 19.4 Å². The largest absolute Gasteiger partial charge is 0.467 e. The van der Waals surface area contributed by atoms with Gasteiger partial charge in [-0.3, -0.25) is 14.1 Å². The summed E-state index contributed by atoms with van der Waals surface area (Å²) in [4.78, 5) is 51.2. The van der Waals surface area contributed by atoms with Crippen molar-refractivity contribution in [2.45, 2.75) is 23.5 Å². The lowest BCUT2D eigenvalue weighted by molar-refractivity contribution is -0.144. The fourth-order valence-corrected chi connectivity index (χ4v) is 3.64. The molecule has 1 heterocycles. The number of nitrogens with one attached hydrogen (secondary N) is 2. The number of nitrogens with two attached hydrogens (primary N) is 1. The third-order valence-corrected chi connectivity index (χ3v) is 5.57. The maximum absolute atomic E-state index is 12.1. The number of carbonyl (C=O) groups excluding carboxylic acids is 4. The number of hydrogen-bond donors (Lipinski definition) is 4. The van der Waals surface area contributed by atoms with Crippen LogP contribution in [0, 0.1) is 0 Å². The standard InChI is InChI=1S/C17H24N4O9S2/c1-29-16(24)10-3-4-14(20-7-10)31-8-12(17(25)30-2)21-13(22)5-6-19-15(23)11(18)9-32(26,27)28/h3-4,7,11-12H,5-6,8-9,18H2,1-2H3,(H,19,23)(H,21,22)(H,26,27,28)/t11?,12-/m0/s1. The van der Waals surface area contributed by atoms with E-state index in [1.54, 1.807) is 6.07 Å². The molecule has 0 bridgehead atoms. The number of rotatable bonds is 12. The molecule has 178 valence electrons. The van der Waals surface area contributed by atoms with Gasteiger partial charge in [0.2, 0.25) is 11.8 Å².